The van der Waals surface area contributed by atoms with E-state index in [0.29, 0.717) is 0 Å². The molecule has 5 nitrogen and oxygen atoms in total. The molecule has 94 valence electrons. The zero-order chi connectivity index (χ0) is 12.0. The Morgan fingerprint density at radius 3 is 2.82 bits per heavy atom. The molecule has 1 fully saturated rings. The van der Waals surface area contributed by atoms with Crippen molar-refractivity contribution in [2.24, 2.45) is 0 Å². The Morgan fingerprint density at radius 1 is 1.35 bits per heavy atom. The van der Waals surface area contributed by atoms with Crippen LogP contribution in [0.25, 0.3) is 0 Å². The highest BCUT2D eigenvalue weighted by Crippen LogP contribution is 2.26. The number of aryl methyl sites for hydroxylation is 1. The summed E-state index contributed by atoms with van der Waals surface area (Å²) in [5.41, 5.74) is 0.891. The van der Waals surface area contributed by atoms with Crippen LogP contribution in [-0.2, 0) is 23.0 Å². The minimum Gasteiger partial charge on any atom is -0.331 e. The smallest absolute Gasteiger partial charge is 0.260 e. The molecule has 0 unspecified atom stereocenters. The van der Waals surface area contributed by atoms with Gasteiger partial charge in [0.2, 0.25) is 0 Å². The van der Waals surface area contributed by atoms with E-state index in [-0.39, 0.29) is 11.1 Å². The van der Waals surface area contributed by atoms with Crippen molar-refractivity contribution in [1.29, 1.82) is 0 Å². The minimum atomic E-state index is -3.40. The molecule has 0 spiro atoms. The van der Waals surface area contributed by atoms with Crippen molar-refractivity contribution < 1.29 is 8.42 Å². The molecule has 0 saturated heterocycles. The molecule has 0 bridgehead atoms. The number of fused-ring (bicyclic) bond motifs is 1. The molecule has 1 saturated carbocycles. The summed E-state index contributed by atoms with van der Waals surface area (Å²) in [5, 5.41) is 0.265. The molecule has 2 aliphatic rings. The topological polar surface area (TPSA) is 64.0 Å². The fraction of sp³-hybridized carbons (Fsp3) is 0.727. The molecule has 0 aromatic carbocycles. The van der Waals surface area contributed by atoms with Crippen molar-refractivity contribution >= 4 is 10.0 Å². The molecular weight excluding hydrogens is 238 g/mol. The maximum atomic E-state index is 12.2. The maximum Gasteiger partial charge on any atom is 0.260 e. The van der Waals surface area contributed by atoms with Crippen molar-refractivity contribution in [1.82, 2.24) is 14.3 Å². The average Bonchev–Trinajstić information content (AvgIpc) is 3.02. The van der Waals surface area contributed by atoms with Crippen molar-refractivity contribution in [3.05, 3.63) is 11.5 Å². The number of sulfonamides is 1. The number of imidazole rings is 1. The number of hydrogen-bond donors (Lipinski definition) is 1. The third kappa shape index (κ3) is 1.99. The predicted molar refractivity (Wildman–Crippen MR) is 63.2 cm³/mol. The Bertz CT molecular complexity index is 543. The molecule has 2 heterocycles. The van der Waals surface area contributed by atoms with E-state index in [1.807, 2.05) is 11.5 Å². The number of aromatic nitrogens is 2. The van der Waals surface area contributed by atoms with Gasteiger partial charge in [0.1, 0.15) is 5.82 Å². The van der Waals surface area contributed by atoms with Crippen molar-refractivity contribution in [3.8, 4) is 0 Å². The van der Waals surface area contributed by atoms with Gasteiger partial charge in [-0.05, 0) is 39.0 Å². The second-order valence-electron chi connectivity index (χ2n) is 4.92. The summed E-state index contributed by atoms with van der Waals surface area (Å²) >= 11 is 0. The molecule has 1 aromatic heterocycles. The molecule has 3 rings (SSSR count). The molecule has 1 aromatic rings. The Kier molecular flexibility index (Phi) is 2.52. The van der Waals surface area contributed by atoms with Crippen LogP contribution in [0.5, 0.6) is 0 Å². The molecule has 0 atom stereocenters. The van der Waals surface area contributed by atoms with Gasteiger partial charge in [-0.2, -0.15) is 0 Å². The average molecular weight is 255 g/mol. The van der Waals surface area contributed by atoms with Crippen LogP contribution in [-0.4, -0.2) is 24.0 Å². The number of rotatable bonds is 3. The Hall–Kier alpha value is -0.880. The fourth-order valence-electron chi connectivity index (χ4n) is 2.38. The third-order valence-electron chi connectivity index (χ3n) is 3.43. The molecule has 1 N–H and O–H groups in total. The first-order valence-electron chi connectivity index (χ1n) is 6.16. The third-order valence-corrected chi connectivity index (χ3v) is 4.91. The van der Waals surface area contributed by atoms with Crippen LogP contribution in [0.1, 0.15) is 37.2 Å². The van der Waals surface area contributed by atoms with Crippen molar-refractivity contribution in [3.63, 3.8) is 0 Å². The largest absolute Gasteiger partial charge is 0.331 e. The van der Waals surface area contributed by atoms with Gasteiger partial charge in [-0.3, -0.25) is 0 Å². The lowest BCUT2D eigenvalue weighted by Crippen LogP contribution is -2.27. The zero-order valence-corrected chi connectivity index (χ0v) is 10.8. The van der Waals surface area contributed by atoms with E-state index in [4.69, 9.17) is 0 Å². The minimum absolute atomic E-state index is 0.140. The van der Waals surface area contributed by atoms with Crippen LogP contribution in [0.3, 0.4) is 0 Å². The van der Waals surface area contributed by atoms with Gasteiger partial charge in [-0.1, -0.05) is 0 Å². The number of nitrogens with one attached hydrogen (secondary N) is 1. The second kappa shape index (κ2) is 3.81. The van der Waals surface area contributed by atoms with Crippen LogP contribution >= 0.6 is 0 Å². The van der Waals surface area contributed by atoms with Gasteiger partial charge in [0.25, 0.3) is 10.0 Å². The van der Waals surface area contributed by atoms with E-state index in [2.05, 4.69) is 9.71 Å². The van der Waals surface area contributed by atoms with Gasteiger partial charge in [0.15, 0.2) is 5.03 Å². The summed E-state index contributed by atoms with van der Waals surface area (Å²) in [7, 11) is -3.40. The van der Waals surface area contributed by atoms with Crippen molar-refractivity contribution in [2.45, 2.75) is 56.6 Å². The molecule has 1 aliphatic heterocycles. The highest BCUT2D eigenvalue weighted by Gasteiger charge is 2.32. The van der Waals surface area contributed by atoms with E-state index < -0.39 is 10.0 Å². The quantitative estimate of drug-likeness (QED) is 0.875. The first kappa shape index (κ1) is 11.2. The monoisotopic (exact) mass is 255 g/mol. The van der Waals surface area contributed by atoms with E-state index in [1.165, 1.54) is 0 Å². The number of hydrogen-bond acceptors (Lipinski definition) is 3. The summed E-state index contributed by atoms with van der Waals surface area (Å²) in [4.78, 5) is 4.26. The van der Waals surface area contributed by atoms with E-state index in [9.17, 15) is 8.42 Å². The van der Waals surface area contributed by atoms with Crippen LogP contribution in [0.15, 0.2) is 5.03 Å². The van der Waals surface area contributed by atoms with Crippen LogP contribution < -0.4 is 4.72 Å². The summed E-state index contributed by atoms with van der Waals surface area (Å²) in [6.07, 6.45) is 4.89. The Labute approximate surface area is 101 Å². The van der Waals surface area contributed by atoms with Crippen LogP contribution in [0, 0.1) is 6.92 Å². The fourth-order valence-corrected chi connectivity index (χ4v) is 3.94. The summed E-state index contributed by atoms with van der Waals surface area (Å²) in [6.45, 7) is 2.78. The van der Waals surface area contributed by atoms with Crippen molar-refractivity contribution in [2.75, 3.05) is 0 Å². The Balaban J connectivity index is 2.02. The van der Waals surface area contributed by atoms with E-state index in [0.717, 1.165) is 50.2 Å². The molecular formula is C11H17N3O2S. The SMILES string of the molecule is Cc1nc(S(=O)(=O)NC2CC2)c2n1CCCC2. The van der Waals surface area contributed by atoms with E-state index in [1.54, 1.807) is 0 Å². The summed E-state index contributed by atoms with van der Waals surface area (Å²) in [6, 6.07) is 0.140. The van der Waals surface area contributed by atoms with Gasteiger partial charge < -0.3 is 4.57 Å². The van der Waals surface area contributed by atoms with Gasteiger partial charge >= 0.3 is 0 Å². The second-order valence-corrected chi connectivity index (χ2v) is 6.54. The standard InChI is InChI=1S/C11H17N3O2S/c1-8-12-11(10-4-2-3-7-14(8)10)17(15,16)13-9-5-6-9/h9,13H,2-7H2,1H3. The Morgan fingerprint density at radius 2 is 2.12 bits per heavy atom. The predicted octanol–water partition coefficient (Wildman–Crippen LogP) is 0.969. The van der Waals surface area contributed by atoms with Gasteiger partial charge in [0.05, 0.1) is 5.69 Å². The van der Waals surface area contributed by atoms with Crippen LogP contribution in [0.4, 0.5) is 0 Å². The van der Waals surface area contributed by atoms with Gasteiger partial charge in [0, 0.05) is 12.6 Å². The first-order chi connectivity index (χ1) is 8.08. The summed E-state index contributed by atoms with van der Waals surface area (Å²) in [5.74, 6) is 0.816. The first-order valence-corrected chi connectivity index (χ1v) is 7.64. The molecule has 17 heavy (non-hydrogen) atoms. The summed E-state index contributed by atoms with van der Waals surface area (Å²) < 4.78 is 29.1. The highest BCUT2D eigenvalue weighted by molar-refractivity contribution is 7.89. The lowest BCUT2D eigenvalue weighted by molar-refractivity contribution is 0.514. The number of nitrogens with zero attached hydrogens (tertiary/aromatic N) is 2. The molecule has 6 heteroatoms. The van der Waals surface area contributed by atoms with E-state index >= 15 is 0 Å². The maximum absolute atomic E-state index is 12.2. The van der Waals surface area contributed by atoms with Gasteiger partial charge in [-0.25, -0.2) is 18.1 Å². The molecule has 1 aliphatic carbocycles. The zero-order valence-electron chi connectivity index (χ0n) is 9.94. The lowest BCUT2D eigenvalue weighted by Gasteiger charge is -2.16. The van der Waals surface area contributed by atoms with Crippen LogP contribution in [0.2, 0.25) is 0 Å². The lowest BCUT2D eigenvalue weighted by atomic mass is 10.1. The molecule has 0 radical (unpaired) electrons. The van der Waals surface area contributed by atoms with Gasteiger partial charge in [-0.15, -0.1) is 0 Å². The molecule has 0 amide bonds. The normalized spacial score (nSPS) is 20.3. The highest BCUT2D eigenvalue weighted by atomic mass is 32.2.